The van der Waals surface area contributed by atoms with E-state index in [1.165, 1.54) is 0 Å². The summed E-state index contributed by atoms with van der Waals surface area (Å²) < 4.78 is 10.4. The first-order valence-electron chi connectivity index (χ1n) is 5.63. The average molecular weight is 254 g/mol. The zero-order valence-corrected chi connectivity index (χ0v) is 11.1. The second-order valence-electron chi connectivity index (χ2n) is 3.46. The van der Waals surface area contributed by atoms with Crippen molar-refractivity contribution < 1.29 is 14.3 Å². The van der Waals surface area contributed by atoms with Gasteiger partial charge in [-0.1, -0.05) is 25.1 Å². The minimum atomic E-state index is -0.315. The lowest BCUT2D eigenvalue weighted by atomic mass is 10.1. The van der Waals surface area contributed by atoms with Crippen LogP contribution in [-0.2, 0) is 16.0 Å². The van der Waals surface area contributed by atoms with Crippen molar-refractivity contribution in [3.05, 3.63) is 29.8 Å². The molecule has 0 aliphatic rings. The number of ether oxygens (including phenoxy) is 2. The van der Waals surface area contributed by atoms with Crippen molar-refractivity contribution in [1.29, 1.82) is 0 Å². The fraction of sp³-hybridized carbons (Fsp3) is 0.462. The summed E-state index contributed by atoms with van der Waals surface area (Å²) in [7, 11) is 0. The van der Waals surface area contributed by atoms with E-state index in [0.717, 1.165) is 23.5 Å². The number of hydrogen-bond acceptors (Lipinski definition) is 4. The quantitative estimate of drug-likeness (QED) is 0.553. The summed E-state index contributed by atoms with van der Waals surface area (Å²) in [5.74, 6) is 1.26. The Morgan fingerprint density at radius 2 is 2.12 bits per heavy atom. The largest absolute Gasteiger partial charge is 0.482 e. The van der Waals surface area contributed by atoms with Gasteiger partial charge >= 0.3 is 5.97 Å². The lowest BCUT2D eigenvalue weighted by Crippen LogP contribution is -2.16. The standard InChI is InChI=1S/C13H18O3S/c1-3-11-6-4-5-7-12(11)16-10-13(14)15-8-9-17-2/h4-7H,3,8-10H2,1-2H3. The van der Waals surface area contributed by atoms with E-state index in [9.17, 15) is 4.79 Å². The molecule has 0 heterocycles. The van der Waals surface area contributed by atoms with Gasteiger partial charge in [-0.2, -0.15) is 11.8 Å². The highest BCUT2D eigenvalue weighted by atomic mass is 32.2. The minimum absolute atomic E-state index is 0.0224. The number of benzene rings is 1. The number of thioether (sulfide) groups is 1. The van der Waals surface area contributed by atoms with Crippen molar-refractivity contribution in [1.82, 2.24) is 0 Å². The Bertz CT molecular complexity index is 352. The number of para-hydroxylation sites is 1. The van der Waals surface area contributed by atoms with Gasteiger partial charge in [0.15, 0.2) is 6.61 Å². The molecule has 0 amide bonds. The van der Waals surface area contributed by atoms with E-state index in [-0.39, 0.29) is 12.6 Å². The van der Waals surface area contributed by atoms with Crippen molar-refractivity contribution in [3.8, 4) is 5.75 Å². The van der Waals surface area contributed by atoms with Gasteiger partial charge < -0.3 is 9.47 Å². The first-order chi connectivity index (χ1) is 8.27. The summed E-state index contributed by atoms with van der Waals surface area (Å²) >= 11 is 1.65. The third-order valence-electron chi connectivity index (χ3n) is 2.25. The minimum Gasteiger partial charge on any atom is -0.482 e. The summed E-state index contributed by atoms with van der Waals surface area (Å²) in [6, 6.07) is 7.72. The SMILES string of the molecule is CCc1ccccc1OCC(=O)OCCSC. The highest BCUT2D eigenvalue weighted by Gasteiger charge is 2.06. The molecule has 0 saturated carbocycles. The van der Waals surface area contributed by atoms with Crippen molar-refractivity contribution >= 4 is 17.7 Å². The highest BCUT2D eigenvalue weighted by Crippen LogP contribution is 2.18. The zero-order chi connectivity index (χ0) is 12.5. The van der Waals surface area contributed by atoms with Gasteiger partial charge in [-0.15, -0.1) is 0 Å². The van der Waals surface area contributed by atoms with Gasteiger partial charge in [0.2, 0.25) is 0 Å². The molecule has 4 heteroatoms. The Labute approximate surface area is 106 Å². The molecule has 0 spiro atoms. The number of hydrogen-bond donors (Lipinski definition) is 0. The molecular weight excluding hydrogens is 236 g/mol. The van der Waals surface area contributed by atoms with Gasteiger partial charge in [0, 0.05) is 5.75 Å². The molecule has 0 aliphatic heterocycles. The fourth-order valence-electron chi connectivity index (χ4n) is 1.35. The van der Waals surface area contributed by atoms with Crippen LogP contribution >= 0.6 is 11.8 Å². The highest BCUT2D eigenvalue weighted by molar-refractivity contribution is 7.98. The number of carbonyl (C=O) groups is 1. The summed E-state index contributed by atoms with van der Waals surface area (Å²) in [6.07, 6.45) is 2.86. The number of aryl methyl sites for hydroxylation is 1. The average Bonchev–Trinajstić information content (AvgIpc) is 2.37. The third kappa shape index (κ3) is 5.13. The van der Waals surface area contributed by atoms with E-state index in [2.05, 4.69) is 6.92 Å². The molecule has 0 aromatic heterocycles. The van der Waals surface area contributed by atoms with Crippen molar-refractivity contribution in [2.45, 2.75) is 13.3 Å². The van der Waals surface area contributed by atoms with Crippen LogP contribution in [0, 0.1) is 0 Å². The van der Waals surface area contributed by atoms with Crippen molar-refractivity contribution in [2.24, 2.45) is 0 Å². The Morgan fingerprint density at radius 1 is 1.35 bits per heavy atom. The van der Waals surface area contributed by atoms with Crippen LogP contribution in [0.3, 0.4) is 0 Å². The van der Waals surface area contributed by atoms with Crippen LogP contribution in [0.2, 0.25) is 0 Å². The van der Waals surface area contributed by atoms with Crippen LogP contribution in [0.1, 0.15) is 12.5 Å². The summed E-state index contributed by atoms with van der Waals surface area (Å²) in [4.78, 5) is 11.3. The van der Waals surface area contributed by atoms with Crippen LogP contribution in [-0.4, -0.2) is 31.2 Å². The van der Waals surface area contributed by atoms with Gasteiger partial charge in [-0.05, 0) is 24.3 Å². The van der Waals surface area contributed by atoms with Crippen LogP contribution in [0.5, 0.6) is 5.75 Å². The zero-order valence-electron chi connectivity index (χ0n) is 10.3. The van der Waals surface area contributed by atoms with Gasteiger partial charge in [0.25, 0.3) is 0 Å². The summed E-state index contributed by atoms with van der Waals surface area (Å²) in [5, 5.41) is 0. The van der Waals surface area contributed by atoms with Crippen LogP contribution in [0.15, 0.2) is 24.3 Å². The fourth-order valence-corrected chi connectivity index (χ4v) is 1.60. The smallest absolute Gasteiger partial charge is 0.344 e. The lowest BCUT2D eigenvalue weighted by molar-refractivity contribution is -0.145. The Hall–Kier alpha value is -1.16. The number of esters is 1. The molecule has 94 valence electrons. The molecule has 0 fully saturated rings. The molecule has 0 atom stereocenters. The normalized spacial score (nSPS) is 10.0. The van der Waals surface area contributed by atoms with Crippen LogP contribution < -0.4 is 4.74 Å². The van der Waals surface area contributed by atoms with Crippen LogP contribution in [0.4, 0.5) is 0 Å². The summed E-state index contributed by atoms with van der Waals surface area (Å²) in [6.45, 7) is 2.48. The Morgan fingerprint density at radius 3 is 2.82 bits per heavy atom. The van der Waals surface area contributed by atoms with E-state index in [1.807, 2.05) is 30.5 Å². The van der Waals surface area contributed by atoms with E-state index >= 15 is 0 Å². The molecule has 1 aromatic carbocycles. The number of carbonyl (C=O) groups excluding carboxylic acids is 1. The maximum absolute atomic E-state index is 11.3. The Kier molecular flexibility index (Phi) is 6.55. The van der Waals surface area contributed by atoms with E-state index in [4.69, 9.17) is 9.47 Å². The van der Waals surface area contributed by atoms with Gasteiger partial charge in [-0.3, -0.25) is 0 Å². The van der Waals surface area contributed by atoms with Crippen LogP contribution in [0.25, 0.3) is 0 Å². The molecule has 0 N–H and O–H groups in total. The predicted octanol–water partition coefficient (Wildman–Crippen LogP) is 2.53. The van der Waals surface area contributed by atoms with Gasteiger partial charge in [-0.25, -0.2) is 4.79 Å². The first-order valence-corrected chi connectivity index (χ1v) is 7.02. The first kappa shape index (κ1) is 13.9. The predicted molar refractivity (Wildman–Crippen MR) is 70.7 cm³/mol. The van der Waals surface area contributed by atoms with E-state index < -0.39 is 0 Å². The second-order valence-corrected chi connectivity index (χ2v) is 4.45. The Balaban J connectivity index is 2.36. The lowest BCUT2D eigenvalue weighted by Gasteiger charge is -2.09. The molecule has 0 saturated heterocycles. The molecule has 0 radical (unpaired) electrons. The number of rotatable bonds is 7. The van der Waals surface area contributed by atoms with Crippen molar-refractivity contribution in [2.75, 3.05) is 25.2 Å². The topological polar surface area (TPSA) is 35.5 Å². The molecule has 0 aliphatic carbocycles. The molecule has 0 bridgehead atoms. The van der Waals surface area contributed by atoms with E-state index in [0.29, 0.717) is 6.61 Å². The van der Waals surface area contributed by atoms with Gasteiger partial charge in [0.05, 0.1) is 0 Å². The molecule has 17 heavy (non-hydrogen) atoms. The third-order valence-corrected chi connectivity index (χ3v) is 2.82. The van der Waals surface area contributed by atoms with E-state index in [1.54, 1.807) is 11.8 Å². The molecule has 1 aromatic rings. The maximum Gasteiger partial charge on any atom is 0.344 e. The molecular formula is C13H18O3S. The molecule has 3 nitrogen and oxygen atoms in total. The molecule has 0 unspecified atom stereocenters. The monoisotopic (exact) mass is 254 g/mol. The molecule has 1 rings (SSSR count). The summed E-state index contributed by atoms with van der Waals surface area (Å²) in [5.41, 5.74) is 1.10. The van der Waals surface area contributed by atoms with Crippen molar-refractivity contribution in [3.63, 3.8) is 0 Å². The second kappa shape index (κ2) is 8.01. The van der Waals surface area contributed by atoms with Gasteiger partial charge in [0.1, 0.15) is 12.4 Å². The maximum atomic E-state index is 11.3.